The van der Waals surface area contributed by atoms with Crippen molar-refractivity contribution in [3.63, 3.8) is 0 Å². The first-order valence-corrected chi connectivity index (χ1v) is 4.98. The predicted molar refractivity (Wildman–Crippen MR) is 56.4 cm³/mol. The number of carbonyl (C=O) groups is 1. The van der Waals surface area contributed by atoms with E-state index in [9.17, 15) is 9.18 Å². The van der Waals surface area contributed by atoms with Crippen LogP contribution in [0.3, 0.4) is 0 Å². The van der Waals surface area contributed by atoms with Gasteiger partial charge in [-0.05, 0) is 37.8 Å². The number of aryl methyl sites for hydroxylation is 3. The summed E-state index contributed by atoms with van der Waals surface area (Å²) in [7, 11) is 0. The molecular formula is C12H15FO2. The summed E-state index contributed by atoms with van der Waals surface area (Å²) in [6, 6.07) is 3.57. The monoisotopic (exact) mass is 210 g/mol. The molecular weight excluding hydrogens is 195 g/mol. The molecule has 0 radical (unpaired) electrons. The molecule has 1 aromatic carbocycles. The number of carboxylic acid groups (broad SMARTS) is 1. The molecule has 0 aliphatic rings. The molecule has 1 rings (SSSR count). The Morgan fingerprint density at radius 1 is 1.40 bits per heavy atom. The highest BCUT2D eigenvalue weighted by Gasteiger charge is 2.07. The maximum atomic E-state index is 13.6. The van der Waals surface area contributed by atoms with Crippen LogP contribution in [-0.4, -0.2) is 11.1 Å². The zero-order valence-corrected chi connectivity index (χ0v) is 9.01. The standard InChI is InChI=1S/C12H15FO2/c1-8-6-9(2)12(13)10(7-8)4-3-5-11(14)15/h6-7H,3-5H2,1-2H3,(H,14,15). The summed E-state index contributed by atoms with van der Waals surface area (Å²) in [5.74, 6) is -1.04. The Morgan fingerprint density at radius 3 is 2.67 bits per heavy atom. The fourth-order valence-electron chi connectivity index (χ4n) is 1.65. The normalized spacial score (nSPS) is 10.3. The molecule has 1 aromatic rings. The molecule has 1 N–H and O–H groups in total. The van der Waals surface area contributed by atoms with Crippen molar-refractivity contribution >= 4 is 5.97 Å². The van der Waals surface area contributed by atoms with Gasteiger partial charge < -0.3 is 5.11 Å². The summed E-state index contributed by atoms with van der Waals surface area (Å²) in [5, 5.41) is 8.48. The molecule has 2 nitrogen and oxygen atoms in total. The maximum Gasteiger partial charge on any atom is 0.303 e. The van der Waals surface area contributed by atoms with Crippen molar-refractivity contribution in [3.05, 3.63) is 34.6 Å². The summed E-state index contributed by atoms with van der Waals surface area (Å²) < 4.78 is 13.6. The molecule has 0 aliphatic heterocycles. The summed E-state index contributed by atoms with van der Waals surface area (Å²) in [4.78, 5) is 10.3. The number of carboxylic acids is 1. The largest absolute Gasteiger partial charge is 0.481 e. The lowest BCUT2D eigenvalue weighted by Gasteiger charge is -2.06. The Kier molecular flexibility index (Phi) is 3.83. The fraction of sp³-hybridized carbons (Fsp3) is 0.417. The number of rotatable bonds is 4. The van der Waals surface area contributed by atoms with Gasteiger partial charge in [0, 0.05) is 6.42 Å². The van der Waals surface area contributed by atoms with E-state index >= 15 is 0 Å². The first-order valence-electron chi connectivity index (χ1n) is 4.98. The van der Waals surface area contributed by atoms with Crippen LogP contribution in [-0.2, 0) is 11.2 Å². The van der Waals surface area contributed by atoms with Crippen LogP contribution in [0.25, 0.3) is 0 Å². The lowest BCUT2D eigenvalue weighted by Crippen LogP contribution is -1.99. The van der Waals surface area contributed by atoms with Crippen LogP contribution in [0.5, 0.6) is 0 Å². The van der Waals surface area contributed by atoms with Gasteiger partial charge in [-0.2, -0.15) is 0 Å². The molecule has 3 heteroatoms. The Bertz CT molecular complexity index is 372. The van der Waals surface area contributed by atoms with Crippen molar-refractivity contribution in [2.75, 3.05) is 0 Å². The van der Waals surface area contributed by atoms with Gasteiger partial charge in [0.15, 0.2) is 0 Å². The smallest absolute Gasteiger partial charge is 0.303 e. The van der Waals surface area contributed by atoms with Crippen LogP contribution in [0.2, 0.25) is 0 Å². The molecule has 0 spiro atoms. The van der Waals surface area contributed by atoms with Crippen molar-refractivity contribution in [2.24, 2.45) is 0 Å². The summed E-state index contributed by atoms with van der Waals surface area (Å²) in [6.45, 7) is 3.64. The van der Waals surface area contributed by atoms with Crippen LogP contribution >= 0.6 is 0 Å². The van der Waals surface area contributed by atoms with Crippen LogP contribution in [0.15, 0.2) is 12.1 Å². The van der Waals surface area contributed by atoms with Crippen LogP contribution in [0.1, 0.15) is 29.5 Å². The van der Waals surface area contributed by atoms with E-state index in [1.54, 1.807) is 19.1 Å². The molecule has 0 aromatic heterocycles. The average molecular weight is 210 g/mol. The van der Waals surface area contributed by atoms with Crippen LogP contribution in [0.4, 0.5) is 4.39 Å². The van der Waals surface area contributed by atoms with Crippen molar-refractivity contribution in [3.8, 4) is 0 Å². The number of hydrogen-bond acceptors (Lipinski definition) is 1. The Balaban J connectivity index is 2.72. The topological polar surface area (TPSA) is 37.3 Å². The molecule has 0 aliphatic carbocycles. The maximum absolute atomic E-state index is 13.6. The SMILES string of the molecule is Cc1cc(C)c(F)c(CCCC(=O)O)c1. The second kappa shape index (κ2) is 4.91. The third-order valence-corrected chi connectivity index (χ3v) is 2.31. The van der Waals surface area contributed by atoms with E-state index in [4.69, 9.17) is 5.11 Å². The van der Waals surface area contributed by atoms with E-state index in [1.807, 2.05) is 6.92 Å². The highest BCUT2D eigenvalue weighted by atomic mass is 19.1. The first kappa shape index (κ1) is 11.7. The molecule has 0 unspecified atom stereocenters. The molecule has 82 valence electrons. The van der Waals surface area contributed by atoms with Crippen molar-refractivity contribution < 1.29 is 14.3 Å². The van der Waals surface area contributed by atoms with E-state index in [-0.39, 0.29) is 12.2 Å². The zero-order chi connectivity index (χ0) is 11.4. The molecule has 0 atom stereocenters. The number of benzene rings is 1. The molecule has 0 saturated carbocycles. The highest BCUT2D eigenvalue weighted by molar-refractivity contribution is 5.66. The summed E-state index contributed by atoms with van der Waals surface area (Å²) in [6.07, 6.45) is 1.06. The van der Waals surface area contributed by atoms with Gasteiger partial charge in [-0.25, -0.2) is 4.39 Å². The van der Waals surface area contributed by atoms with Gasteiger partial charge in [0.2, 0.25) is 0 Å². The number of hydrogen-bond donors (Lipinski definition) is 1. The Hall–Kier alpha value is -1.38. The van der Waals surface area contributed by atoms with Gasteiger partial charge in [0.1, 0.15) is 5.82 Å². The van der Waals surface area contributed by atoms with E-state index in [1.165, 1.54) is 0 Å². The van der Waals surface area contributed by atoms with Crippen LogP contribution < -0.4 is 0 Å². The Labute approximate surface area is 88.7 Å². The van der Waals surface area contributed by atoms with Crippen molar-refractivity contribution in [1.29, 1.82) is 0 Å². The summed E-state index contributed by atoms with van der Waals surface area (Å²) >= 11 is 0. The number of aliphatic carboxylic acids is 1. The minimum absolute atomic E-state index is 0.0897. The van der Waals surface area contributed by atoms with E-state index < -0.39 is 5.97 Å². The first-order chi connectivity index (χ1) is 7.00. The zero-order valence-electron chi connectivity index (χ0n) is 9.01. The average Bonchev–Trinajstić information content (AvgIpc) is 2.12. The van der Waals surface area contributed by atoms with Gasteiger partial charge in [0.05, 0.1) is 0 Å². The molecule has 0 saturated heterocycles. The van der Waals surface area contributed by atoms with E-state index in [0.717, 1.165) is 5.56 Å². The molecule has 0 fully saturated rings. The molecule has 0 bridgehead atoms. The molecule has 0 amide bonds. The lowest BCUT2D eigenvalue weighted by atomic mass is 10.0. The van der Waals surface area contributed by atoms with Gasteiger partial charge in [-0.3, -0.25) is 4.79 Å². The number of halogens is 1. The van der Waals surface area contributed by atoms with Gasteiger partial charge in [0.25, 0.3) is 0 Å². The second-order valence-corrected chi connectivity index (χ2v) is 3.80. The minimum Gasteiger partial charge on any atom is -0.481 e. The quantitative estimate of drug-likeness (QED) is 0.829. The van der Waals surface area contributed by atoms with Crippen molar-refractivity contribution in [2.45, 2.75) is 33.1 Å². The third kappa shape index (κ3) is 3.35. The van der Waals surface area contributed by atoms with E-state index in [0.29, 0.717) is 24.0 Å². The minimum atomic E-state index is -0.834. The fourth-order valence-corrected chi connectivity index (χ4v) is 1.65. The Morgan fingerprint density at radius 2 is 2.07 bits per heavy atom. The molecule has 15 heavy (non-hydrogen) atoms. The third-order valence-electron chi connectivity index (χ3n) is 2.31. The summed E-state index contributed by atoms with van der Waals surface area (Å²) in [5.41, 5.74) is 2.26. The van der Waals surface area contributed by atoms with Gasteiger partial charge >= 0.3 is 5.97 Å². The molecule has 0 heterocycles. The van der Waals surface area contributed by atoms with Crippen molar-refractivity contribution in [1.82, 2.24) is 0 Å². The van der Waals surface area contributed by atoms with Crippen LogP contribution in [0, 0.1) is 19.7 Å². The predicted octanol–water partition coefficient (Wildman–Crippen LogP) is 2.85. The highest BCUT2D eigenvalue weighted by Crippen LogP contribution is 2.17. The second-order valence-electron chi connectivity index (χ2n) is 3.80. The van der Waals surface area contributed by atoms with Gasteiger partial charge in [-0.15, -0.1) is 0 Å². The van der Waals surface area contributed by atoms with Gasteiger partial charge in [-0.1, -0.05) is 17.7 Å². The van der Waals surface area contributed by atoms with E-state index in [2.05, 4.69) is 0 Å². The lowest BCUT2D eigenvalue weighted by molar-refractivity contribution is -0.137.